The molecule has 0 spiro atoms. The summed E-state index contributed by atoms with van der Waals surface area (Å²) in [6.07, 6.45) is 0. The first kappa shape index (κ1) is 12.2. The Balaban J connectivity index is 2.28. The van der Waals surface area contributed by atoms with Crippen LogP contribution in [0.1, 0.15) is 0 Å². The molecule has 0 atom stereocenters. The predicted octanol–water partition coefficient (Wildman–Crippen LogP) is 4.35. The van der Waals surface area contributed by atoms with Gasteiger partial charge in [0.15, 0.2) is 11.6 Å². The first-order valence-electron chi connectivity index (χ1n) is 4.74. The zero-order valence-electron chi connectivity index (χ0n) is 8.58. The second-order valence-corrected chi connectivity index (χ2v) is 4.89. The lowest BCUT2D eigenvalue weighted by atomic mass is 10.3. The average Bonchev–Trinajstić information content (AvgIpc) is 2.27. The van der Waals surface area contributed by atoms with E-state index in [1.807, 2.05) is 0 Å². The summed E-state index contributed by atoms with van der Waals surface area (Å²) < 4.78 is 25.7. The minimum atomic E-state index is -0.874. The Hall–Kier alpha value is -1.26. The van der Waals surface area contributed by atoms with Crippen LogP contribution in [-0.2, 0) is 0 Å². The molecular weight excluding hydrogens is 264 g/mol. The van der Waals surface area contributed by atoms with E-state index >= 15 is 0 Å². The van der Waals surface area contributed by atoms with Crippen LogP contribution in [0.5, 0.6) is 0 Å². The van der Waals surface area contributed by atoms with E-state index in [-0.39, 0.29) is 0 Å². The fraction of sp³-hybridized carbons (Fsp3) is 0. The van der Waals surface area contributed by atoms with Crippen LogP contribution in [-0.4, -0.2) is 0 Å². The molecule has 0 aliphatic heterocycles. The topological polar surface area (TPSA) is 26.0 Å². The Morgan fingerprint density at radius 3 is 2.41 bits per heavy atom. The molecule has 2 rings (SSSR count). The summed E-state index contributed by atoms with van der Waals surface area (Å²) in [5.41, 5.74) is 6.12. The lowest BCUT2D eigenvalue weighted by Gasteiger charge is -2.05. The van der Waals surface area contributed by atoms with E-state index in [9.17, 15) is 8.78 Å². The van der Waals surface area contributed by atoms with Crippen LogP contribution in [0, 0.1) is 11.6 Å². The van der Waals surface area contributed by atoms with E-state index in [1.165, 1.54) is 17.8 Å². The number of hydrogen-bond donors (Lipinski definition) is 1. The minimum absolute atomic E-state index is 0.486. The number of nitrogen functional groups attached to an aromatic ring is 1. The van der Waals surface area contributed by atoms with Gasteiger partial charge in [0.25, 0.3) is 0 Å². The van der Waals surface area contributed by atoms with Crippen LogP contribution in [0.2, 0.25) is 5.02 Å². The zero-order valence-corrected chi connectivity index (χ0v) is 10.2. The molecule has 0 bridgehead atoms. The van der Waals surface area contributed by atoms with E-state index in [4.69, 9.17) is 17.3 Å². The number of nitrogens with two attached hydrogens (primary N) is 1. The van der Waals surface area contributed by atoms with Crippen molar-refractivity contribution in [3.05, 3.63) is 53.1 Å². The molecule has 0 saturated heterocycles. The van der Waals surface area contributed by atoms with Gasteiger partial charge in [0.2, 0.25) is 0 Å². The summed E-state index contributed by atoms with van der Waals surface area (Å²) in [4.78, 5) is 1.32. The molecule has 2 N–H and O–H groups in total. The van der Waals surface area contributed by atoms with E-state index < -0.39 is 11.6 Å². The Kier molecular flexibility index (Phi) is 3.54. The van der Waals surface area contributed by atoms with Crippen molar-refractivity contribution < 1.29 is 8.78 Å². The highest BCUT2D eigenvalue weighted by atomic mass is 35.5. The van der Waals surface area contributed by atoms with Gasteiger partial charge in [-0.3, -0.25) is 0 Å². The maximum Gasteiger partial charge on any atom is 0.159 e. The molecule has 0 saturated carbocycles. The molecule has 0 amide bonds. The lowest BCUT2D eigenvalue weighted by Crippen LogP contribution is -1.86. The van der Waals surface area contributed by atoms with Crippen molar-refractivity contribution in [1.82, 2.24) is 0 Å². The van der Waals surface area contributed by atoms with Gasteiger partial charge in [0.1, 0.15) is 0 Å². The van der Waals surface area contributed by atoms with Gasteiger partial charge < -0.3 is 5.73 Å². The molecular formula is C12H8ClF2NS. The van der Waals surface area contributed by atoms with Gasteiger partial charge in [-0.25, -0.2) is 8.78 Å². The van der Waals surface area contributed by atoms with Gasteiger partial charge in [-0.15, -0.1) is 0 Å². The molecule has 88 valence electrons. The van der Waals surface area contributed by atoms with Crippen LogP contribution in [0.25, 0.3) is 0 Å². The van der Waals surface area contributed by atoms with Gasteiger partial charge in [0.05, 0.1) is 5.02 Å². The third kappa shape index (κ3) is 2.90. The molecule has 0 aromatic heterocycles. The van der Waals surface area contributed by atoms with Crippen molar-refractivity contribution in [2.45, 2.75) is 9.79 Å². The number of rotatable bonds is 2. The summed E-state index contributed by atoms with van der Waals surface area (Å²) in [6, 6.07) is 8.77. The Morgan fingerprint density at radius 2 is 1.76 bits per heavy atom. The van der Waals surface area contributed by atoms with Crippen molar-refractivity contribution in [3.63, 3.8) is 0 Å². The fourth-order valence-electron chi connectivity index (χ4n) is 1.27. The van der Waals surface area contributed by atoms with Gasteiger partial charge in [0, 0.05) is 15.5 Å². The van der Waals surface area contributed by atoms with E-state index in [1.54, 1.807) is 18.2 Å². The monoisotopic (exact) mass is 271 g/mol. The highest BCUT2D eigenvalue weighted by molar-refractivity contribution is 7.99. The van der Waals surface area contributed by atoms with Crippen LogP contribution in [0.3, 0.4) is 0 Å². The number of anilines is 1. The third-order valence-corrected chi connectivity index (χ3v) is 3.57. The first-order valence-corrected chi connectivity index (χ1v) is 5.93. The standard InChI is InChI=1S/C12H8ClF2NS/c13-9-5-7(16)1-4-12(9)17-8-2-3-10(14)11(15)6-8/h1-6H,16H2. The Bertz CT molecular complexity index is 560. The number of benzene rings is 2. The van der Waals surface area contributed by atoms with E-state index in [0.717, 1.165) is 17.0 Å². The Morgan fingerprint density at radius 1 is 1.00 bits per heavy atom. The van der Waals surface area contributed by atoms with Crippen molar-refractivity contribution >= 4 is 29.1 Å². The molecule has 2 aromatic rings. The summed E-state index contributed by atoms with van der Waals surface area (Å²) in [5.74, 6) is -1.74. The third-order valence-electron chi connectivity index (χ3n) is 2.07. The predicted molar refractivity (Wildman–Crippen MR) is 66.3 cm³/mol. The largest absolute Gasteiger partial charge is 0.399 e. The molecule has 17 heavy (non-hydrogen) atoms. The molecule has 0 heterocycles. The molecule has 5 heteroatoms. The molecule has 0 radical (unpaired) electrons. The summed E-state index contributed by atoms with van der Waals surface area (Å²) in [7, 11) is 0. The number of halogens is 3. The highest BCUT2D eigenvalue weighted by Gasteiger charge is 2.06. The zero-order chi connectivity index (χ0) is 12.4. The maximum absolute atomic E-state index is 13.0. The quantitative estimate of drug-likeness (QED) is 0.822. The van der Waals surface area contributed by atoms with E-state index in [0.29, 0.717) is 15.6 Å². The van der Waals surface area contributed by atoms with Gasteiger partial charge >= 0.3 is 0 Å². The van der Waals surface area contributed by atoms with Crippen LogP contribution < -0.4 is 5.73 Å². The molecule has 0 aliphatic carbocycles. The van der Waals surface area contributed by atoms with Gasteiger partial charge in [-0.05, 0) is 36.4 Å². The SMILES string of the molecule is Nc1ccc(Sc2ccc(F)c(F)c2)c(Cl)c1. The summed E-state index contributed by atoms with van der Waals surface area (Å²) in [6.45, 7) is 0. The van der Waals surface area contributed by atoms with Gasteiger partial charge in [-0.1, -0.05) is 23.4 Å². The number of hydrogen-bond acceptors (Lipinski definition) is 2. The molecule has 0 aliphatic rings. The van der Waals surface area contributed by atoms with Crippen molar-refractivity contribution in [2.24, 2.45) is 0 Å². The van der Waals surface area contributed by atoms with Crippen molar-refractivity contribution in [3.8, 4) is 0 Å². The van der Waals surface area contributed by atoms with E-state index in [2.05, 4.69) is 0 Å². The highest BCUT2D eigenvalue weighted by Crippen LogP contribution is 2.34. The molecule has 0 fully saturated rings. The maximum atomic E-state index is 13.0. The second-order valence-electron chi connectivity index (χ2n) is 3.37. The fourth-order valence-corrected chi connectivity index (χ4v) is 2.42. The average molecular weight is 272 g/mol. The molecule has 2 aromatic carbocycles. The van der Waals surface area contributed by atoms with Crippen molar-refractivity contribution in [1.29, 1.82) is 0 Å². The van der Waals surface area contributed by atoms with Crippen molar-refractivity contribution in [2.75, 3.05) is 5.73 Å². The smallest absolute Gasteiger partial charge is 0.159 e. The summed E-state index contributed by atoms with van der Waals surface area (Å²) in [5, 5.41) is 0.486. The minimum Gasteiger partial charge on any atom is -0.399 e. The Labute approximate surface area is 107 Å². The van der Waals surface area contributed by atoms with Crippen LogP contribution in [0.4, 0.5) is 14.5 Å². The van der Waals surface area contributed by atoms with Crippen LogP contribution >= 0.6 is 23.4 Å². The van der Waals surface area contributed by atoms with Crippen LogP contribution in [0.15, 0.2) is 46.2 Å². The van der Waals surface area contributed by atoms with Gasteiger partial charge in [-0.2, -0.15) is 0 Å². The molecule has 1 nitrogen and oxygen atoms in total. The second kappa shape index (κ2) is 4.94. The first-order chi connectivity index (χ1) is 8.06. The lowest BCUT2D eigenvalue weighted by molar-refractivity contribution is 0.506. The molecule has 0 unspecified atom stereocenters. The summed E-state index contributed by atoms with van der Waals surface area (Å²) >= 11 is 7.23. The normalized spacial score (nSPS) is 10.5.